The van der Waals surface area contributed by atoms with Gasteiger partial charge in [-0.1, -0.05) is 38.2 Å². The van der Waals surface area contributed by atoms with Crippen LogP contribution in [0, 0.1) is 11.8 Å². The van der Waals surface area contributed by atoms with Gasteiger partial charge in [0, 0.05) is 50.4 Å². The molecular weight excluding hydrogens is 604 g/mol. The van der Waals surface area contributed by atoms with E-state index in [2.05, 4.69) is 10.6 Å². The normalized spacial score (nSPS) is 28.0. The summed E-state index contributed by atoms with van der Waals surface area (Å²) in [7, 11) is 6.74. The second-order valence-corrected chi connectivity index (χ2v) is 11.7. The summed E-state index contributed by atoms with van der Waals surface area (Å²) in [6.45, 7) is 8.09. The molecule has 0 aromatic rings. The number of nitrogens with one attached hydrogen (secondary N) is 2. The number of amides is 2. The quantitative estimate of drug-likeness (QED) is 0.237. The number of carbonyl (C=O) groups excluding carboxylic acids is 4. The molecule has 6 atom stereocenters. The van der Waals surface area contributed by atoms with Crippen LogP contribution in [0.2, 0.25) is 0 Å². The fourth-order valence-corrected chi connectivity index (χ4v) is 5.18. The highest BCUT2D eigenvalue weighted by Gasteiger charge is 2.33. The summed E-state index contributed by atoms with van der Waals surface area (Å²) in [5.41, 5.74) is 6.55. The molecule has 2 rings (SSSR count). The summed E-state index contributed by atoms with van der Waals surface area (Å²) in [6.07, 6.45) is 3.88. The van der Waals surface area contributed by atoms with Crippen molar-refractivity contribution < 1.29 is 38.5 Å². The smallest absolute Gasteiger partial charge is 0.405 e. The molecule has 2 bridgehead atoms. The third kappa shape index (κ3) is 11.5. The average molecular weight is 653 g/mol. The van der Waals surface area contributed by atoms with Gasteiger partial charge in [0.25, 0.3) is 5.91 Å². The number of carbonyl (C=O) groups is 4. The summed E-state index contributed by atoms with van der Waals surface area (Å²) in [5.74, 6) is -2.06. The Hall–Kier alpha value is -3.29. The van der Waals surface area contributed by atoms with Gasteiger partial charge in [0.2, 0.25) is 11.6 Å². The Morgan fingerprint density at radius 2 is 1.82 bits per heavy atom. The Kier molecular flexibility index (Phi) is 16.4. The second kappa shape index (κ2) is 18.6. The van der Waals surface area contributed by atoms with E-state index >= 15 is 0 Å². The SMILES string of the molecule is COC1/C=C/C=C(C)C(=O)NC2=CC(=O)C(NCCN(C)C)=C(CC(C)CC(OC)C(O)C(C)C=C(C)C1OC(N)=O)C2=O.Cl. The molecule has 0 spiro atoms. The Bertz CT molecular complexity index is 1240. The lowest BCUT2D eigenvalue weighted by atomic mass is 9.85. The van der Waals surface area contributed by atoms with Gasteiger partial charge in [-0.15, -0.1) is 12.4 Å². The number of allylic oxidation sites excluding steroid dienone is 4. The van der Waals surface area contributed by atoms with Crippen molar-refractivity contribution in [1.29, 1.82) is 0 Å². The fourth-order valence-electron chi connectivity index (χ4n) is 5.18. The third-order valence-electron chi connectivity index (χ3n) is 7.65. The van der Waals surface area contributed by atoms with Gasteiger partial charge in [-0.2, -0.15) is 0 Å². The van der Waals surface area contributed by atoms with Crippen LogP contribution < -0.4 is 16.4 Å². The first-order valence-electron chi connectivity index (χ1n) is 14.7. The molecule has 0 aromatic carbocycles. The molecule has 1 aliphatic heterocycles. The molecule has 0 saturated heterocycles. The van der Waals surface area contributed by atoms with Gasteiger partial charge < -0.3 is 40.6 Å². The fraction of sp³-hybridized carbons (Fsp3) is 0.562. The highest BCUT2D eigenvalue weighted by atomic mass is 35.5. The molecule has 252 valence electrons. The summed E-state index contributed by atoms with van der Waals surface area (Å²) in [6, 6.07) is 0. The van der Waals surface area contributed by atoms with Crippen LogP contribution in [0.5, 0.6) is 0 Å². The molecular formula is C32H49ClN4O8. The number of hydrogen-bond acceptors (Lipinski definition) is 10. The first kappa shape index (κ1) is 39.7. The molecule has 45 heavy (non-hydrogen) atoms. The Morgan fingerprint density at radius 3 is 2.40 bits per heavy atom. The maximum atomic E-state index is 13.7. The van der Waals surface area contributed by atoms with Gasteiger partial charge in [-0.3, -0.25) is 14.4 Å². The number of Topliss-reactive ketones (excluding diaryl/α,β-unsaturated/α-hetero) is 1. The van der Waals surface area contributed by atoms with Crippen LogP contribution in [0.15, 0.2) is 58.5 Å². The predicted octanol–water partition coefficient (Wildman–Crippen LogP) is 2.34. The molecule has 1 heterocycles. The van der Waals surface area contributed by atoms with Crippen LogP contribution >= 0.6 is 12.4 Å². The number of primary amides is 1. The summed E-state index contributed by atoms with van der Waals surface area (Å²) < 4.78 is 16.6. The molecule has 12 nitrogen and oxygen atoms in total. The minimum atomic E-state index is -0.997. The number of ketones is 2. The zero-order valence-electron chi connectivity index (χ0n) is 27.4. The Balaban J connectivity index is 0.0000101. The van der Waals surface area contributed by atoms with E-state index in [-0.39, 0.29) is 47.3 Å². The van der Waals surface area contributed by atoms with Gasteiger partial charge >= 0.3 is 6.09 Å². The van der Waals surface area contributed by atoms with E-state index in [1.54, 1.807) is 32.1 Å². The molecule has 13 heteroatoms. The minimum Gasteiger partial charge on any atom is -0.439 e. The predicted molar refractivity (Wildman–Crippen MR) is 173 cm³/mol. The molecule has 0 saturated carbocycles. The number of halogens is 1. The lowest BCUT2D eigenvalue weighted by molar-refractivity contribution is -0.120. The number of likely N-dealkylation sites (N-methyl/N-ethyl adjacent to an activating group) is 1. The van der Waals surface area contributed by atoms with Crippen molar-refractivity contribution in [2.45, 2.75) is 65.0 Å². The first-order valence-corrected chi connectivity index (χ1v) is 14.7. The minimum absolute atomic E-state index is 0. The molecule has 1 aliphatic carbocycles. The molecule has 0 fully saturated rings. The van der Waals surface area contributed by atoms with Crippen molar-refractivity contribution in [1.82, 2.24) is 15.5 Å². The monoisotopic (exact) mass is 652 g/mol. The van der Waals surface area contributed by atoms with Crippen molar-refractivity contribution in [3.63, 3.8) is 0 Å². The highest BCUT2D eigenvalue weighted by molar-refractivity contribution is 6.23. The number of fused-ring (bicyclic) bond motifs is 2. The van der Waals surface area contributed by atoms with Crippen LogP contribution in [0.3, 0.4) is 0 Å². The van der Waals surface area contributed by atoms with E-state index < -0.39 is 53.9 Å². The zero-order valence-corrected chi connectivity index (χ0v) is 28.2. The van der Waals surface area contributed by atoms with Crippen molar-refractivity contribution in [3.05, 3.63) is 58.5 Å². The van der Waals surface area contributed by atoms with E-state index in [0.717, 1.165) is 6.08 Å². The number of hydrogen-bond donors (Lipinski definition) is 4. The lowest BCUT2D eigenvalue weighted by Crippen LogP contribution is -2.38. The third-order valence-corrected chi connectivity index (χ3v) is 7.65. The highest BCUT2D eigenvalue weighted by Crippen LogP contribution is 2.28. The summed E-state index contributed by atoms with van der Waals surface area (Å²) in [4.78, 5) is 53.7. The molecule has 6 unspecified atom stereocenters. The maximum absolute atomic E-state index is 13.7. The number of aliphatic hydroxyl groups excluding tert-OH is 1. The van der Waals surface area contributed by atoms with Crippen LogP contribution in [0.25, 0.3) is 0 Å². The van der Waals surface area contributed by atoms with Crippen LogP contribution in [0.1, 0.15) is 40.5 Å². The van der Waals surface area contributed by atoms with Gasteiger partial charge in [-0.05, 0) is 52.3 Å². The molecule has 2 aliphatic rings. The number of aliphatic hydroxyl groups is 1. The van der Waals surface area contributed by atoms with E-state index in [1.165, 1.54) is 20.3 Å². The van der Waals surface area contributed by atoms with Gasteiger partial charge in [0.05, 0.1) is 23.6 Å². The Morgan fingerprint density at radius 1 is 1.16 bits per heavy atom. The van der Waals surface area contributed by atoms with Crippen molar-refractivity contribution >= 4 is 36.0 Å². The Labute approximate surface area is 272 Å². The summed E-state index contributed by atoms with van der Waals surface area (Å²) in [5, 5.41) is 17.0. The molecule has 0 radical (unpaired) electrons. The number of rotatable bonds is 7. The standard InChI is InChI=1S/C32H48N4O8.ClH/c1-18-14-22-27(34-12-13-36(5)6)24(37)17-23(29(22)39)35-31(40)19(2)10-9-11-25(42-7)30(44-32(33)41)21(4)16-20(3)28(38)26(15-18)43-8;/h9-11,16-18,20,25-26,28,30,34,38H,12-15H2,1-8H3,(H2,33,41)(H,35,40);1H/b11-9+,19-10?,21-16?;. The number of ether oxygens (including phenoxy) is 3. The number of nitrogens with zero attached hydrogens (tertiary/aromatic N) is 1. The second-order valence-electron chi connectivity index (χ2n) is 11.7. The summed E-state index contributed by atoms with van der Waals surface area (Å²) >= 11 is 0. The van der Waals surface area contributed by atoms with Gasteiger partial charge in [-0.25, -0.2) is 4.79 Å². The van der Waals surface area contributed by atoms with Crippen LogP contribution in [0.4, 0.5) is 4.79 Å². The molecule has 5 N–H and O–H groups in total. The van der Waals surface area contributed by atoms with E-state index in [1.807, 2.05) is 32.8 Å². The van der Waals surface area contributed by atoms with Crippen LogP contribution in [-0.2, 0) is 28.6 Å². The molecule has 0 aromatic heterocycles. The topological polar surface area (TPSA) is 170 Å². The van der Waals surface area contributed by atoms with Crippen molar-refractivity contribution in [2.75, 3.05) is 41.4 Å². The van der Waals surface area contributed by atoms with Crippen LogP contribution in [-0.4, -0.2) is 99.4 Å². The number of nitrogens with two attached hydrogens (primary N) is 1. The van der Waals surface area contributed by atoms with Crippen molar-refractivity contribution in [3.8, 4) is 0 Å². The molecule has 2 amide bonds. The van der Waals surface area contributed by atoms with Gasteiger partial charge in [0.15, 0.2) is 6.10 Å². The lowest BCUT2D eigenvalue weighted by Gasteiger charge is -2.30. The van der Waals surface area contributed by atoms with Crippen molar-refractivity contribution in [2.24, 2.45) is 17.6 Å². The van der Waals surface area contributed by atoms with E-state index in [4.69, 9.17) is 19.9 Å². The largest absolute Gasteiger partial charge is 0.439 e. The van der Waals surface area contributed by atoms with Gasteiger partial charge in [0.1, 0.15) is 6.10 Å². The number of methoxy groups -OCH3 is 2. The maximum Gasteiger partial charge on any atom is 0.405 e. The first-order chi connectivity index (χ1) is 20.7. The zero-order chi connectivity index (χ0) is 33.1. The van der Waals surface area contributed by atoms with E-state index in [9.17, 15) is 24.3 Å². The average Bonchev–Trinajstić information content (AvgIpc) is 2.95. The van der Waals surface area contributed by atoms with E-state index in [0.29, 0.717) is 25.1 Å².